The summed E-state index contributed by atoms with van der Waals surface area (Å²) < 4.78 is 9.75. The van der Waals surface area contributed by atoms with Gasteiger partial charge in [0.2, 0.25) is 0 Å². The molecule has 4 nitrogen and oxygen atoms in total. The van der Waals surface area contributed by atoms with Crippen molar-refractivity contribution >= 4 is 17.6 Å². The Bertz CT molecular complexity index is 164. The molecule has 1 N–H and O–H groups in total. The Morgan fingerprint density at radius 2 is 2.14 bits per heavy atom. The number of halogens is 1. The lowest BCUT2D eigenvalue weighted by atomic mass is 10.4. The summed E-state index contributed by atoms with van der Waals surface area (Å²) in [7, 11) is 1.32. The maximum atomic E-state index is 10.9. The minimum atomic E-state index is -0.626. The summed E-state index contributed by atoms with van der Waals surface area (Å²) in [6, 6.07) is 0. The molecule has 0 aromatic rings. The Hall–Kier alpha value is -0.320. The molecule has 5 heteroatoms. The molecule has 0 saturated heterocycles. The summed E-state index contributed by atoms with van der Waals surface area (Å²) in [5.41, 5.74) is 0. The predicted octanol–water partition coefficient (Wildman–Crippen LogP) is 0.781. The highest BCUT2D eigenvalue weighted by atomic mass is 35.5. The lowest BCUT2D eigenvalue weighted by molar-refractivity contribution is -0.140. The Balaban J connectivity index is 3.31. The summed E-state index contributed by atoms with van der Waals surface area (Å²) in [6.07, 6.45) is 0.226. The fraction of sp³-hybridized carbons (Fsp3) is 0.889. The van der Waals surface area contributed by atoms with Crippen molar-refractivity contribution in [1.82, 2.24) is 5.32 Å². The van der Waals surface area contributed by atoms with Gasteiger partial charge in [0.25, 0.3) is 0 Å². The van der Waals surface area contributed by atoms with Crippen LogP contribution in [0.1, 0.15) is 13.8 Å². The highest BCUT2D eigenvalue weighted by molar-refractivity contribution is 6.30. The van der Waals surface area contributed by atoms with E-state index in [9.17, 15) is 4.79 Å². The third-order valence-corrected chi connectivity index (χ3v) is 1.84. The van der Waals surface area contributed by atoms with Crippen molar-refractivity contribution in [3.8, 4) is 0 Å². The standard InChI is InChI=1S/C9H18ClNO3/c1-7(2)14-5-4-11-6-8(10)9(12)13-3/h7-8,11H,4-6H2,1-3H3. The van der Waals surface area contributed by atoms with Crippen molar-refractivity contribution in [2.75, 3.05) is 26.8 Å². The van der Waals surface area contributed by atoms with E-state index in [1.165, 1.54) is 7.11 Å². The summed E-state index contributed by atoms with van der Waals surface area (Å²) in [5.74, 6) is -0.413. The van der Waals surface area contributed by atoms with Crippen LogP contribution in [0.15, 0.2) is 0 Å². The second-order valence-electron chi connectivity index (χ2n) is 3.11. The van der Waals surface area contributed by atoms with E-state index >= 15 is 0 Å². The van der Waals surface area contributed by atoms with E-state index in [2.05, 4.69) is 10.1 Å². The molecule has 14 heavy (non-hydrogen) atoms. The average molecular weight is 224 g/mol. The number of rotatable bonds is 7. The number of esters is 1. The van der Waals surface area contributed by atoms with Crippen molar-refractivity contribution in [3.05, 3.63) is 0 Å². The van der Waals surface area contributed by atoms with Gasteiger partial charge in [-0.1, -0.05) is 0 Å². The van der Waals surface area contributed by atoms with Crippen LogP contribution in [0.3, 0.4) is 0 Å². The maximum absolute atomic E-state index is 10.9. The van der Waals surface area contributed by atoms with Crippen molar-refractivity contribution in [1.29, 1.82) is 0 Å². The van der Waals surface area contributed by atoms with Gasteiger partial charge in [0.1, 0.15) is 5.38 Å². The number of carbonyl (C=O) groups excluding carboxylic acids is 1. The molecule has 84 valence electrons. The van der Waals surface area contributed by atoms with Gasteiger partial charge in [-0.25, -0.2) is 0 Å². The number of alkyl halides is 1. The molecule has 0 saturated carbocycles. The number of hydrogen-bond acceptors (Lipinski definition) is 4. The Morgan fingerprint density at radius 1 is 1.50 bits per heavy atom. The van der Waals surface area contributed by atoms with Crippen LogP contribution < -0.4 is 5.32 Å². The lowest BCUT2D eigenvalue weighted by Gasteiger charge is -2.10. The highest BCUT2D eigenvalue weighted by Crippen LogP contribution is 1.95. The third kappa shape index (κ3) is 7.12. The van der Waals surface area contributed by atoms with Crippen molar-refractivity contribution in [2.45, 2.75) is 25.3 Å². The molecule has 0 rings (SSSR count). The molecular weight excluding hydrogens is 206 g/mol. The monoisotopic (exact) mass is 223 g/mol. The van der Waals surface area contributed by atoms with E-state index in [4.69, 9.17) is 16.3 Å². The number of methoxy groups -OCH3 is 1. The van der Waals surface area contributed by atoms with Crippen LogP contribution in [0.4, 0.5) is 0 Å². The van der Waals surface area contributed by atoms with E-state index in [0.29, 0.717) is 19.7 Å². The van der Waals surface area contributed by atoms with E-state index < -0.39 is 11.3 Å². The first kappa shape index (κ1) is 13.7. The molecule has 0 amide bonds. The van der Waals surface area contributed by atoms with Crippen molar-refractivity contribution in [2.24, 2.45) is 0 Å². The largest absolute Gasteiger partial charge is 0.468 e. The minimum absolute atomic E-state index is 0.226. The number of hydrogen-bond donors (Lipinski definition) is 1. The van der Waals surface area contributed by atoms with Crippen LogP contribution >= 0.6 is 11.6 Å². The van der Waals surface area contributed by atoms with Crippen LogP contribution in [0.25, 0.3) is 0 Å². The number of nitrogens with one attached hydrogen (secondary N) is 1. The summed E-state index contributed by atoms with van der Waals surface area (Å²) >= 11 is 5.70. The predicted molar refractivity (Wildman–Crippen MR) is 55.6 cm³/mol. The first-order valence-electron chi connectivity index (χ1n) is 4.62. The van der Waals surface area contributed by atoms with Crippen molar-refractivity contribution < 1.29 is 14.3 Å². The fourth-order valence-corrected chi connectivity index (χ4v) is 1.00. The molecule has 0 spiro atoms. The second-order valence-corrected chi connectivity index (χ2v) is 3.64. The highest BCUT2D eigenvalue weighted by Gasteiger charge is 2.14. The van der Waals surface area contributed by atoms with Crippen LogP contribution in [0.2, 0.25) is 0 Å². The molecule has 0 bridgehead atoms. The molecular formula is C9H18ClNO3. The number of carbonyl (C=O) groups is 1. The summed E-state index contributed by atoms with van der Waals surface area (Å²) in [6.45, 7) is 5.63. The first-order valence-corrected chi connectivity index (χ1v) is 5.05. The van der Waals surface area contributed by atoms with E-state index in [0.717, 1.165) is 0 Å². The Kier molecular flexibility index (Phi) is 7.84. The van der Waals surface area contributed by atoms with E-state index in [1.54, 1.807) is 0 Å². The molecule has 0 fully saturated rings. The van der Waals surface area contributed by atoms with E-state index in [1.807, 2.05) is 13.8 Å². The lowest BCUT2D eigenvalue weighted by Crippen LogP contribution is -2.32. The first-order chi connectivity index (χ1) is 6.57. The van der Waals surface area contributed by atoms with Gasteiger partial charge in [0, 0.05) is 13.1 Å². The van der Waals surface area contributed by atoms with Gasteiger partial charge in [0.05, 0.1) is 19.8 Å². The van der Waals surface area contributed by atoms with Gasteiger partial charge < -0.3 is 14.8 Å². The third-order valence-electron chi connectivity index (χ3n) is 1.51. The van der Waals surface area contributed by atoms with Gasteiger partial charge in [-0.15, -0.1) is 11.6 Å². The van der Waals surface area contributed by atoms with Crippen molar-refractivity contribution in [3.63, 3.8) is 0 Å². The zero-order valence-corrected chi connectivity index (χ0v) is 9.63. The van der Waals surface area contributed by atoms with Gasteiger partial charge in [-0.3, -0.25) is 4.79 Å². The molecule has 0 aromatic carbocycles. The molecule has 0 aliphatic heterocycles. The Labute approximate surface area is 89.9 Å². The van der Waals surface area contributed by atoms with E-state index in [-0.39, 0.29) is 6.10 Å². The van der Waals surface area contributed by atoms with Crippen LogP contribution in [-0.4, -0.2) is 44.3 Å². The Morgan fingerprint density at radius 3 is 2.64 bits per heavy atom. The average Bonchev–Trinajstić information content (AvgIpc) is 2.15. The molecule has 1 unspecified atom stereocenters. The van der Waals surface area contributed by atoms with Gasteiger partial charge in [-0.2, -0.15) is 0 Å². The van der Waals surface area contributed by atoms with Gasteiger partial charge in [-0.05, 0) is 13.8 Å². The SMILES string of the molecule is COC(=O)C(Cl)CNCCOC(C)C. The molecule has 0 heterocycles. The van der Waals surface area contributed by atoms with Gasteiger partial charge in [0.15, 0.2) is 0 Å². The quantitative estimate of drug-likeness (QED) is 0.394. The zero-order chi connectivity index (χ0) is 11.0. The topological polar surface area (TPSA) is 47.6 Å². The second kappa shape index (κ2) is 8.03. The maximum Gasteiger partial charge on any atom is 0.325 e. The molecule has 0 aliphatic carbocycles. The molecule has 0 radical (unpaired) electrons. The van der Waals surface area contributed by atoms with Crippen LogP contribution in [0, 0.1) is 0 Å². The van der Waals surface area contributed by atoms with Gasteiger partial charge >= 0.3 is 5.97 Å². The normalized spacial score (nSPS) is 12.9. The fourth-order valence-electron chi connectivity index (χ4n) is 0.807. The number of ether oxygens (including phenoxy) is 2. The van der Waals surface area contributed by atoms with Crippen LogP contribution in [-0.2, 0) is 14.3 Å². The minimum Gasteiger partial charge on any atom is -0.468 e. The molecule has 1 atom stereocenters. The van der Waals surface area contributed by atoms with Crippen LogP contribution in [0.5, 0.6) is 0 Å². The smallest absolute Gasteiger partial charge is 0.325 e. The zero-order valence-electron chi connectivity index (χ0n) is 8.88. The summed E-state index contributed by atoms with van der Waals surface area (Å²) in [4.78, 5) is 10.9. The molecule has 0 aromatic heterocycles. The summed E-state index contributed by atoms with van der Waals surface area (Å²) in [5, 5.41) is 2.37. The molecule has 0 aliphatic rings.